The summed E-state index contributed by atoms with van der Waals surface area (Å²) >= 11 is 1.85. The summed E-state index contributed by atoms with van der Waals surface area (Å²) in [4.78, 5) is 0. The molecule has 1 aliphatic rings. The van der Waals surface area contributed by atoms with E-state index in [-0.39, 0.29) is 5.99 Å². The highest BCUT2D eigenvalue weighted by molar-refractivity contribution is 8.27. The van der Waals surface area contributed by atoms with Gasteiger partial charge in [-0.1, -0.05) is 116 Å². The van der Waals surface area contributed by atoms with Crippen LogP contribution in [0.4, 0.5) is 0 Å². The molecular formula is C33H29BS. The summed E-state index contributed by atoms with van der Waals surface area (Å²) in [5.74, 6) is 13.2. The summed E-state index contributed by atoms with van der Waals surface area (Å²) in [5, 5.41) is 0. The summed E-state index contributed by atoms with van der Waals surface area (Å²) in [5.41, 5.74) is 8.90. The molecule has 0 amide bonds. The Kier molecular flexibility index (Phi) is 9.68. The molecule has 0 saturated heterocycles. The van der Waals surface area contributed by atoms with Crippen LogP contribution in [0.15, 0.2) is 104 Å². The highest BCUT2D eigenvalue weighted by Gasteiger charge is 2.25. The maximum absolute atomic E-state index is 3.81. The van der Waals surface area contributed by atoms with Gasteiger partial charge in [-0.15, -0.1) is 0 Å². The van der Waals surface area contributed by atoms with E-state index in [1.807, 2.05) is 61.9 Å². The van der Waals surface area contributed by atoms with Gasteiger partial charge in [0.1, 0.15) is 0 Å². The molecule has 0 unspecified atom stereocenters. The van der Waals surface area contributed by atoms with Gasteiger partial charge in [-0.2, -0.15) is 0 Å². The third-order valence-corrected chi connectivity index (χ3v) is 6.39. The van der Waals surface area contributed by atoms with Gasteiger partial charge in [-0.05, 0) is 59.9 Å². The molecule has 0 atom stereocenters. The van der Waals surface area contributed by atoms with E-state index in [0.29, 0.717) is 0 Å². The molecule has 35 heavy (non-hydrogen) atoms. The van der Waals surface area contributed by atoms with Crippen molar-refractivity contribution in [1.82, 2.24) is 0 Å². The van der Waals surface area contributed by atoms with Gasteiger partial charge < -0.3 is 0 Å². The van der Waals surface area contributed by atoms with Crippen LogP contribution in [-0.4, -0.2) is 12.2 Å². The Morgan fingerprint density at radius 1 is 0.771 bits per heavy atom. The van der Waals surface area contributed by atoms with Gasteiger partial charge >= 0.3 is 0 Å². The number of hydrogen-bond donors (Lipinski definition) is 0. The fourth-order valence-corrected chi connectivity index (χ4v) is 4.71. The molecule has 0 spiro atoms. The van der Waals surface area contributed by atoms with Crippen molar-refractivity contribution in [2.75, 3.05) is 6.26 Å². The van der Waals surface area contributed by atoms with E-state index in [4.69, 9.17) is 0 Å². The Morgan fingerprint density at radius 3 is 1.89 bits per heavy atom. The maximum atomic E-state index is 3.81. The van der Waals surface area contributed by atoms with E-state index >= 15 is 0 Å². The van der Waals surface area contributed by atoms with Crippen LogP contribution in [0, 0.1) is 23.7 Å². The van der Waals surface area contributed by atoms with Crippen LogP contribution in [0.25, 0.3) is 12.2 Å². The minimum Gasteiger partial charge on any atom is -0.200 e. The average Bonchev–Trinajstić information content (AvgIpc) is 3.07. The van der Waals surface area contributed by atoms with Crippen molar-refractivity contribution in [1.29, 1.82) is 0 Å². The molecule has 0 N–H and O–H groups in total. The molecule has 0 bridgehead atoms. The van der Waals surface area contributed by atoms with Crippen LogP contribution in [0.3, 0.4) is 0 Å². The molecule has 0 aromatic heterocycles. The van der Waals surface area contributed by atoms with Gasteiger partial charge in [0.2, 0.25) is 0 Å². The van der Waals surface area contributed by atoms with Gasteiger partial charge in [0.05, 0.1) is 0 Å². The number of hydrogen-bond acceptors (Lipinski definition) is 1. The smallest absolute Gasteiger partial charge is 0.200 e. The van der Waals surface area contributed by atoms with E-state index in [1.165, 1.54) is 22.1 Å². The Hall–Kier alpha value is -3.85. The second-order valence-electron chi connectivity index (χ2n) is 7.56. The fraction of sp³-hybridized carbons (Fsp3) is 0.0909. The number of allylic oxidation sites excluding steroid dienone is 4. The van der Waals surface area contributed by atoms with Crippen molar-refractivity contribution in [3.8, 4) is 23.7 Å². The Bertz CT molecular complexity index is 1390. The molecule has 1 heterocycles. The lowest BCUT2D eigenvalue weighted by atomic mass is 9.59. The summed E-state index contributed by atoms with van der Waals surface area (Å²) in [6, 6.07) is 23.1. The Labute approximate surface area is 215 Å². The van der Waals surface area contributed by atoms with Gasteiger partial charge in [0.15, 0.2) is 0 Å². The van der Waals surface area contributed by atoms with Gasteiger partial charge in [0, 0.05) is 22.3 Å². The van der Waals surface area contributed by atoms with Gasteiger partial charge in [0.25, 0.3) is 5.99 Å². The molecule has 0 nitrogen and oxygen atoms in total. The van der Waals surface area contributed by atoms with Crippen LogP contribution in [-0.2, 0) is 0 Å². The van der Waals surface area contributed by atoms with E-state index in [1.54, 1.807) is 12.2 Å². The van der Waals surface area contributed by atoms with Crippen molar-refractivity contribution >= 4 is 40.7 Å². The number of rotatable bonds is 3. The van der Waals surface area contributed by atoms with Gasteiger partial charge in [-0.3, -0.25) is 0 Å². The largest absolute Gasteiger partial charge is 0.275 e. The monoisotopic (exact) mass is 468 g/mol. The van der Waals surface area contributed by atoms with Crippen molar-refractivity contribution in [2.24, 2.45) is 0 Å². The summed E-state index contributed by atoms with van der Waals surface area (Å²) in [7, 11) is 0. The van der Waals surface area contributed by atoms with Crippen LogP contribution < -0.4 is 10.9 Å². The maximum Gasteiger partial charge on any atom is 0.275 e. The third kappa shape index (κ3) is 6.61. The molecule has 3 aromatic rings. The van der Waals surface area contributed by atoms with Crippen molar-refractivity contribution in [3.63, 3.8) is 0 Å². The second kappa shape index (κ2) is 13.1. The normalized spacial score (nSPS) is 11.2. The molecule has 0 radical (unpaired) electrons. The first-order valence-corrected chi connectivity index (χ1v) is 13.0. The molecule has 1 aliphatic heterocycles. The highest BCUT2D eigenvalue weighted by atomic mass is 32.2. The minimum atomic E-state index is 0.257. The number of fused-ring (bicyclic) bond motifs is 2. The Morgan fingerprint density at radius 2 is 1.34 bits per heavy atom. The standard InChI is InChI=1S/C31H23BS.C2H6/c1-4-9-24(5-2)12-14-26-16-20-30-28(22-26)18-19-29-23-27(17-21-31(29)32(30)33-3)15-13-25-10-7-6-8-11-25;1-2/h4-11,16-23H,1-2H2,3H3;1-2H3/b24-9+;. The molecule has 0 fully saturated rings. The predicted octanol–water partition coefficient (Wildman–Crippen LogP) is 6.72. The van der Waals surface area contributed by atoms with Gasteiger partial charge in [-0.25, -0.2) is 11.6 Å². The SMILES string of the molecule is C=C/C=C(/C#Cc1ccc2c(c1)C=Cc1cc(C#Cc3ccccc3)ccc1B2SC)C=C.CC. The van der Waals surface area contributed by atoms with E-state index in [9.17, 15) is 0 Å². The second-order valence-corrected chi connectivity index (χ2v) is 8.51. The molecule has 170 valence electrons. The molecule has 4 rings (SSSR count). The van der Waals surface area contributed by atoms with Crippen molar-refractivity contribution in [2.45, 2.75) is 13.8 Å². The zero-order valence-corrected chi connectivity index (χ0v) is 21.5. The topological polar surface area (TPSA) is 0 Å². The first-order valence-electron chi connectivity index (χ1n) is 11.7. The lowest BCUT2D eigenvalue weighted by Gasteiger charge is -2.15. The fourth-order valence-electron chi connectivity index (χ4n) is 3.77. The zero-order chi connectivity index (χ0) is 25.0. The molecule has 2 heteroatoms. The summed E-state index contributed by atoms with van der Waals surface area (Å²) in [6.07, 6.45) is 11.9. The van der Waals surface area contributed by atoms with Crippen LogP contribution in [0.5, 0.6) is 0 Å². The van der Waals surface area contributed by atoms with E-state index < -0.39 is 0 Å². The quantitative estimate of drug-likeness (QED) is 0.234. The average molecular weight is 468 g/mol. The first kappa shape index (κ1) is 25.8. The third-order valence-electron chi connectivity index (χ3n) is 5.41. The van der Waals surface area contributed by atoms with Crippen molar-refractivity contribution in [3.05, 3.63) is 132 Å². The van der Waals surface area contributed by atoms with Crippen LogP contribution >= 0.6 is 11.6 Å². The number of benzene rings is 3. The molecular weight excluding hydrogens is 439 g/mol. The van der Waals surface area contributed by atoms with Crippen LogP contribution in [0.1, 0.15) is 41.7 Å². The van der Waals surface area contributed by atoms with E-state index in [2.05, 4.69) is 91.6 Å². The lowest BCUT2D eigenvalue weighted by Crippen LogP contribution is -2.41. The summed E-state index contributed by atoms with van der Waals surface area (Å²) in [6.45, 7) is 11.5. The molecule has 3 aromatic carbocycles. The minimum absolute atomic E-state index is 0.257. The molecule has 0 saturated carbocycles. The highest BCUT2D eigenvalue weighted by Crippen LogP contribution is 2.19. The first-order chi connectivity index (χ1) is 17.2. The summed E-state index contributed by atoms with van der Waals surface area (Å²) < 4.78 is 0. The Balaban J connectivity index is 0.00000167. The lowest BCUT2D eigenvalue weighted by molar-refractivity contribution is 1.50. The van der Waals surface area contributed by atoms with Crippen molar-refractivity contribution < 1.29 is 0 Å². The van der Waals surface area contributed by atoms with Crippen LogP contribution in [0.2, 0.25) is 0 Å². The zero-order valence-electron chi connectivity index (χ0n) is 20.6. The predicted molar refractivity (Wildman–Crippen MR) is 159 cm³/mol. The molecule has 0 aliphatic carbocycles. The van der Waals surface area contributed by atoms with E-state index in [0.717, 1.165) is 22.3 Å².